The lowest BCUT2D eigenvalue weighted by molar-refractivity contribution is -0.130. The van der Waals surface area contributed by atoms with E-state index in [0.717, 1.165) is 32.1 Å². The van der Waals surface area contributed by atoms with Crippen molar-refractivity contribution in [1.29, 1.82) is 0 Å². The van der Waals surface area contributed by atoms with Crippen LogP contribution in [0.4, 0.5) is 0 Å². The first kappa shape index (κ1) is 50.8. The molecule has 0 aromatic heterocycles. The summed E-state index contributed by atoms with van der Waals surface area (Å²) in [4.78, 5) is 12.6. The zero-order chi connectivity index (χ0) is 38.4. The third kappa shape index (κ3) is 37.1. The quantitative estimate of drug-likeness (QED) is 0.0280. The summed E-state index contributed by atoms with van der Waals surface area (Å²) in [6, 6.07) is -1.25. The molecule has 308 valence electrons. The Kier molecular flexibility index (Phi) is 37.2. The molecular weight excluding hydrogens is 671 g/mol. The van der Waals surface area contributed by atoms with Gasteiger partial charge in [-0.3, -0.25) is 9.35 Å². The number of hydrogen-bond donors (Lipinski definition) is 4. The molecule has 0 heterocycles. The fraction of sp³-hybridized carbons (Fsp3) is 0.886. The minimum atomic E-state index is -4.45. The molecular formula is C44H85NO6S. The molecule has 3 unspecified atom stereocenters. The number of hydrogen-bond acceptors (Lipinski definition) is 5. The van der Waals surface area contributed by atoms with Crippen LogP contribution >= 0.6 is 0 Å². The minimum absolute atomic E-state index is 0.278. The number of aliphatic hydroxyl groups is 2. The van der Waals surface area contributed by atoms with Gasteiger partial charge in [-0.25, -0.2) is 0 Å². The van der Waals surface area contributed by atoms with Crippen LogP contribution in [-0.2, 0) is 14.9 Å². The summed E-state index contributed by atoms with van der Waals surface area (Å²) in [5.74, 6) is -1.55. The molecule has 0 radical (unpaired) electrons. The largest absolute Gasteiger partial charge is 0.387 e. The minimum Gasteiger partial charge on any atom is -0.387 e. The molecule has 52 heavy (non-hydrogen) atoms. The van der Waals surface area contributed by atoms with E-state index in [2.05, 4.69) is 31.3 Å². The molecule has 0 aromatic rings. The topological polar surface area (TPSA) is 124 Å². The average molecular weight is 756 g/mol. The Labute approximate surface area is 322 Å². The third-order valence-electron chi connectivity index (χ3n) is 10.2. The zero-order valence-electron chi connectivity index (χ0n) is 34.1. The Morgan fingerprint density at radius 1 is 0.519 bits per heavy atom. The summed E-state index contributed by atoms with van der Waals surface area (Å²) < 4.78 is 32.6. The summed E-state index contributed by atoms with van der Waals surface area (Å²) in [7, 11) is -4.45. The zero-order valence-corrected chi connectivity index (χ0v) is 34.9. The van der Waals surface area contributed by atoms with Crippen molar-refractivity contribution in [2.45, 2.75) is 244 Å². The molecule has 0 aromatic carbocycles. The summed E-state index contributed by atoms with van der Waals surface area (Å²) in [5.41, 5.74) is 0. The number of aliphatic hydroxyl groups excluding tert-OH is 2. The number of carbonyl (C=O) groups excluding carboxylic acids is 1. The lowest BCUT2D eigenvalue weighted by Crippen LogP contribution is -2.50. The molecule has 0 saturated carbocycles. The van der Waals surface area contributed by atoms with E-state index in [1.807, 2.05) is 0 Å². The van der Waals surface area contributed by atoms with Gasteiger partial charge in [0.1, 0.15) is 6.10 Å². The fourth-order valence-electron chi connectivity index (χ4n) is 6.83. The van der Waals surface area contributed by atoms with Crippen molar-refractivity contribution in [3.05, 3.63) is 24.3 Å². The first-order chi connectivity index (χ1) is 25.2. The Morgan fingerprint density at radius 2 is 0.865 bits per heavy atom. The molecule has 0 saturated heterocycles. The van der Waals surface area contributed by atoms with Crippen LogP contribution in [0.1, 0.15) is 226 Å². The Balaban J connectivity index is 4.02. The van der Waals surface area contributed by atoms with E-state index in [9.17, 15) is 28.0 Å². The third-order valence-corrected chi connectivity index (χ3v) is 11.0. The van der Waals surface area contributed by atoms with Gasteiger partial charge in [-0.1, -0.05) is 218 Å². The van der Waals surface area contributed by atoms with Crippen LogP contribution in [0.25, 0.3) is 0 Å². The monoisotopic (exact) mass is 756 g/mol. The Hall–Kier alpha value is -1.22. The van der Waals surface area contributed by atoms with Crippen molar-refractivity contribution in [3.8, 4) is 0 Å². The van der Waals surface area contributed by atoms with Crippen molar-refractivity contribution in [3.63, 3.8) is 0 Å². The van der Waals surface area contributed by atoms with Crippen LogP contribution in [0.2, 0.25) is 0 Å². The van der Waals surface area contributed by atoms with Crippen LogP contribution in [0, 0.1) is 0 Å². The Bertz CT molecular complexity index is 937. The number of carbonyl (C=O) groups is 1. The summed E-state index contributed by atoms with van der Waals surface area (Å²) in [6.07, 6.45) is 45.2. The Morgan fingerprint density at radius 3 is 1.27 bits per heavy atom. The van der Waals surface area contributed by atoms with Gasteiger partial charge in [-0.2, -0.15) is 8.42 Å². The van der Waals surface area contributed by atoms with Crippen molar-refractivity contribution in [1.82, 2.24) is 5.32 Å². The number of allylic oxidation sites excluding steroid dienone is 3. The summed E-state index contributed by atoms with van der Waals surface area (Å²) in [6.45, 7) is 4.52. The van der Waals surface area contributed by atoms with Gasteiger partial charge in [-0.15, -0.1) is 0 Å². The second kappa shape index (κ2) is 38.1. The second-order valence-corrected chi connectivity index (χ2v) is 17.0. The molecule has 0 aliphatic carbocycles. The molecule has 1 amide bonds. The molecule has 0 aliphatic rings. The normalized spacial score (nSPS) is 14.0. The molecule has 0 bridgehead atoms. The second-order valence-electron chi connectivity index (χ2n) is 15.5. The van der Waals surface area contributed by atoms with Gasteiger partial charge in [0.2, 0.25) is 5.91 Å². The maximum absolute atomic E-state index is 12.6. The highest BCUT2D eigenvalue weighted by Crippen LogP contribution is 2.16. The first-order valence-electron chi connectivity index (χ1n) is 22.1. The molecule has 7 nitrogen and oxygen atoms in total. The van der Waals surface area contributed by atoms with Gasteiger partial charge >= 0.3 is 0 Å². The highest BCUT2D eigenvalue weighted by Gasteiger charge is 2.27. The van der Waals surface area contributed by atoms with Crippen LogP contribution < -0.4 is 5.32 Å². The smallest absolute Gasteiger partial charge is 0.267 e. The molecule has 3 atom stereocenters. The van der Waals surface area contributed by atoms with Crippen LogP contribution in [0.5, 0.6) is 0 Å². The van der Waals surface area contributed by atoms with E-state index in [1.54, 1.807) is 6.08 Å². The van der Waals surface area contributed by atoms with Gasteiger partial charge in [0.25, 0.3) is 10.1 Å². The van der Waals surface area contributed by atoms with Gasteiger partial charge in [-0.05, 0) is 32.1 Å². The number of nitrogens with one attached hydrogen (secondary N) is 1. The molecule has 0 rings (SSSR count). The van der Waals surface area contributed by atoms with Gasteiger partial charge in [0.15, 0.2) is 0 Å². The number of unbranched alkanes of at least 4 members (excludes halogenated alkanes) is 29. The van der Waals surface area contributed by atoms with E-state index < -0.39 is 40.0 Å². The van der Waals surface area contributed by atoms with Crippen molar-refractivity contribution >= 4 is 16.0 Å². The molecule has 8 heteroatoms. The lowest BCUT2D eigenvalue weighted by Gasteiger charge is -2.22. The fourth-order valence-corrected chi connectivity index (χ4v) is 7.56. The predicted octanol–water partition coefficient (Wildman–Crippen LogP) is 12.1. The maximum Gasteiger partial charge on any atom is 0.267 e. The highest BCUT2D eigenvalue weighted by molar-refractivity contribution is 7.85. The SMILES string of the molecule is CCCCCCCCCCCCCC/C=C/CC/C=C/C(O)C(CS(=O)(=O)O)NC(=O)C(O)CCCCCCCCCCCCCCCCCCC. The van der Waals surface area contributed by atoms with Gasteiger partial charge < -0.3 is 15.5 Å². The molecule has 4 N–H and O–H groups in total. The predicted molar refractivity (Wildman–Crippen MR) is 222 cm³/mol. The van der Waals surface area contributed by atoms with E-state index in [1.165, 1.54) is 167 Å². The highest BCUT2D eigenvalue weighted by atomic mass is 32.2. The van der Waals surface area contributed by atoms with Crippen LogP contribution in [0.3, 0.4) is 0 Å². The molecule has 0 fully saturated rings. The van der Waals surface area contributed by atoms with E-state index >= 15 is 0 Å². The van der Waals surface area contributed by atoms with Crippen LogP contribution in [-0.4, -0.2) is 53.1 Å². The maximum atomic E-state index is 12.6. The van der Waals surface area contributed by atoms with Crippen molar-refractivity contribution in [2.75, 3.05) is 5.75 Å². The van der Waals surface area contributed by atoms with Crippen LogP contribution in [0.15, 0.2) is 24.3 Å². The van der Waals surface area contributed by atoms with Crippen molar-refractivity contribution < 1.29 is 28.0 Å². The van der Waals surface area contributed by atoms with E-state index in [4.69, 9.17) is 0 Å². The molecule has 0 spiro atoms. The molecule has 0 aliphatic heterocycles. The lowest BCUT2D eigenvalue weighted by atomic mass is 10.0. The summed E-state index contributed by atoms with van der Waals surface area (Å²) in [5, 5.41) is 23.4. The number of rotatable bonds is 40. The first-order valence-corrected chi connectivity index (χ1v) is 23.8. The average Bonchev–Trinajstić information content (AvgIpc) is 3.11. The van der Waals surface area contributed by atoms with Gasteiger partial charge in [0.05, 0.1) is 17.9 Å². The van der Waals surface area contributed by atoms with E-state index in [0.29, 0.717) is 12.8 Å². The van der Waals surface area contributed by atoms with Gasteiger partial charge in [0, 0.05) is 0 Å². The summed E-state index contributed by atoms with van der Waals surface area (Å²) >= 11 is 0. The van der Waals surface area contributed by atoms with E-state index in [-0.39, 0.29) is 6.42 Å². The standard InChI is InChI=1S/C44H85NO6S/c1-3-5-7-9-11-13-15-17-19-21-23-24-26-28-30-32-34-36-38-42(46)41(40-52(49,50)51)45-44(48)43(47)39-37-35-33-31-29-27-25-22-20-18-16-14-12-10-8-6-4-2/h28,30,36,38,41-43,46-47H,3-27,29,31-35,37,39-40H2,1-2H3,(H,45,48)(H,49,50,51)/b30-28+,38-36+. The van der Waals surface area contributed by atoms with Crippen molar-refractivity contribution in [2.24, 2.45) is 0 Å². The number of amides is 1.